The Hall–Kier alpha value is -8.28. The molecule has 7 aromatic carbocycles. The minimum Gasteiger partial charge on any atom is -0.508 e. The molecule has 1 saturated carbocycles. The average molecular weight is 1810 g/mol. The molecular formula is C93H141F7NO15S5+. The molecule has 1 fully saturated rings. The van der Waals surface area contributed by atoms with Gasteiger partial charge >= 0.3 is 38.1 Å². The number of sulfonamides is 2. The van der Waals surface area contributed by atoms with Gasteiger partial charge in [0, 0.05) is 12.1 Å². The second-order valence-corrected chi connectivity index (χ2v) is 37.7. The van der Waals surface area contributed by atoms with E-state index >= 15 is 0 Å². The van der Waals surface area contributed by atoms with Gasteiger partial charge in [-0.05, 0) is 245 Å². The zero-order valence-electron chi connectivity index (χ0n) is 67.2. The normalized spacial score (nSPS) is 13.3. The number of methoxy groups -OCH3 is 2. The lowest BCUT2D eigenvalue weighted by Gasteiger charge is -2.36. The van der Waals surface area contributed by atoms with Gasteiger partial charge in [0.2, 0.25) is 0 Å². The van der Waals surface area contributed by atoms with E-state index in [-0.39, 0.29) is 121 Å². The lowest BCUT2D eigenvalue weighted by Crippen LogP contribution is -2.53. The molecule has 8 rings (SSSR count). The number of allylic oxidation sites excluding steroid dienone is 4. The number of esters is 2. The van der Waals surface area contributed by atoms with Crippen molar-refractivity contribution in [1.82, 2.24) is 0 Å². The summed E-state index contributed by atoms with van der Waals surface area (Å²) >= 11 is 0. The quantitative estimate of drug-likeness (QED) is 0.0169. The number of carbonyl (C=O) groups excluding carboxylic acids is 2. The van der Waals surface area contributed by atoms with Crippen LogP contribution in [0, 0.1) is 17.8 Å². The first kappa shape index (κ1) is 124. The summed E-state index contributed by atoms with van der Waals surface area (Å²) in [6, 6.07) is 54.4. The van der Waals surface area contributed by atoms with Crippen LogP contribution < -0.4 is 13.7 Å². The number of phenols is 2. The van der Waals surface area contributed by atoms with E-state index in [9.17, 15) is 70.7 Å². The van der Waals surface area contributed by atoms with Crippen LogP contribution in [0.2, 0.25) is 0 Å². The van der Waals surface area contributed by atoms with E-state index in [0.29, 0.717) is 29.4 Å². The van der Waals surface area contributed by atoms with Crippen LogP contribution in [0.1, 0.15) is 243 Å². The lowest BCUT2D eigenvalue weighted by molar-refractivity contribution is -0.172. The molecule has 0 heterocycles. The lowest BCUT2D eigenvalue weighted by atomic mass is 9.85. The van der Waals surface area contributed by atoms with Gasteiger partial charge in [-0.1, -0.05) is 199 Å². The maximum atomic E-state index is 13.9. The Labute approximate surface area is 729 Å². The third-order valence-corrected chi connectivity index (χ3v) is 26.4. The minimum atomic E-state index is -7.58. The predicted octanol–water partition coefficient (Wildman–Crippen LogP) is 27.9. The molecule has 0 aliphatic heterocycles. The van der Waals surface area contributed by atoms with E-state index < -0.39 is 51.9 Å². The smallest absolute Gasteiger partial charge is 0.480 e. The van der Waals surface area contributed by atoms with Crippen molar-refractivity contribution in [3.05, 3.63) is 233 Å². The first-order valence-corrected chi connectivity index (χ1v) is 43.2. The largest absolute Gasteiger partial charge is 0.508 e. The van der Waals surface area contributed by atoms with Gasteiger partial charge < -0.3 is 37.5 Å². The summed E-state index contributed by atoms with van der Waals surface area (Å²) in [5, 5.41) is 6.91. The Morgan fingerprint density at radius 1 is 0.504 bits per heavy atom. The van der Waals surface area contributed by atoms with Crippen LogP contribution in [-0.4, -0.2) is 88.8 Å². The monoisotopic (exact) mass is 1800 g/mol. The summed E-state index contributed by atoms with van der Waals surface area (Å²) in [5.74, 6) is 1.81. The summed E-state index contributed by atoms with van der Waals surface area (Å²) in [5.41, 5.74) is -4.67. The molecule has 0 amide bonds. The minimum absolute atomic E-state index is 0. The van der Waals surface area contributed by atoms with E-state index in [1.807, 2.05) is 147 Å². The van der Waals surface area contributed by atoms with Crippen molar-refractivity contribution in [2.24, 2.45) is 10.8 Å². The van der Waals surface area contributed by atoms with Gasteiger partial charge in [0.1, 0.15) is 45.4 Å². The first-order chi connectivity index (χ1) is 52.5. The fourth-order valence-corrected chi connectivity index (χ4v) is 17.0. The van der Waals surface area contributed by atoms with E-state index in [4.69, 9.17) is 24.1 Å². The van der Waals surface area contributed by atoms with Crippen molar-refractivity contribution in [2.45, 2.75) is 285 Å². The zero-order valence-corrected chi connectivity index (χ0v) is 71.3. The van der Waals surface area contributed by atoms with Crippen LogP contribution in [0.5, 0.6) is 28.7 Å². The molecule has 0 aromatic heterocycles. The molecule has 3 unspecified atom stereocenters. The van der Waals surface area contributed by atoms with E-state index in [1.165, 1.54) is 67.0 Å². The molecule has 1 aliphatic carbocycles. The Bertz CT molecular complexity index is 4490. The molecule has 686 valence electrons. The first-order valence-electron chi connectivity index (χ1n) is 36.4. The zero-order chi connectivity index (χ0) is 85.6. The highest BCUT2D eigenvalue weighted by Gasteiger charge is 2.73. The number of ether oxygens (including phenoxy) is 4. The summed E-state index contributed by atoms with van der Waals surface area (Å²) in [7, 11) is -18.6. The second kappa shape index (κ2) is 55.1. The van der Waals surface area contributed by atoms with Crippen LogP contribution in [0.25, 0.3) is 4.13 Å². The number of hydrogen-bond acceptors (Lipinski definition) is 15. The number of phenolic OH excluding ortho intramolecular Hbond substituents is 2. The number of alkyl halides is 7. The standard InChI is InChI=1S/C21H21O2S.C18H16OS.C13H13F7NO7S3.C13H24O2.C10H20O2.C10H14O.8CH4/c1-16-7-4-10-19(13-16)24(20-11-5-8-17(14-20)22-2)21-12-6-9-18(15-21)23-3;1-2-3-4-8-15-20(17-9-6-5-7-10-17)18-13-11-16(19)12-14-18;1-3-8(2)9-4-6-10(7-5-9)28-31(26,27)12(16,17)11(14,15)29(22,23)21-30(24,25)13(18,19)20;1-5-12(2,3)11(14)15-13(4)9-7-6-8-10-13;1-7-10(5,6)8(11)12-9(2,3)4;1-3-8(2)9-4-6-10(11)7-5-9;;;;;;;;/h4-15H,1-3H3;2-15H,1H2;4-8H,3H2,1-2H3;5-10H2,1-4H3;7H2,1-6H3;4-8,11H,3H2,1-2H3;8*1H4/q+1;;-1;;;;;;;;;;;/p+1/b;4-3-,15-8+;;;;;;;;;;;;. The van der Waals surface area contributed by atoms with Gasteiger partial charge in [-0.3, -0.25) is 9.59 Å². The molecule has 28 heteroatoms. The van der Waals surface area contributed by atoms with Crippen molar-refractivity contribution in [1.29, 1.82) is 0 Å². The summed E-state index contributed by atoms with van der Waals surface area (Å²) in [6.45, 7) is 33.1. The van der Waals surface area contributed by atoms with Gasteiger partial charge in [0.05, 0.1) is 46.8 Å². The van der Waals surface area contributed by atoms with Gasteiger partial charge in [-0.25, -0.2) is 16.8 Å². The van der Waals surface area contributed by atoms with Crippen LogP contribution in [0.3, 0.4) is 0 Å². The number of carbonyl (C=O) groups is 2. The molecule has 0 bridgehead atoms. The van der Waals surface area contributed by atoms with Crippen LogP contribution in [-0.2, 0) is 71.0 Å². The Balaban J connectivity index is -0.000000334. The molecule has 1 aliphatic rings. The van der Waals surface area contributed by atoms with Crippen molar-refractivity contribution >= 4 is 63.9 Å². The fourth-order valence-electron chi connectivity index (χ4n) is 9.61. The van der Waals surface area contributed by atoms with Gasteiger partial charge in [0.15, 0.2) is 44.5 Å². The predicted molar refractivity (Wildman–Crippen MR) is 490 cm³/mol. The van der Waals surface area contributed by atoms with E-state index in [1.54, 1.807) is 58.4 Å². The highest BCUT2D eigenvalue weighted by Crippen LogP contribution is 2.48. The maximum absolute atomic E-state index is 13.9. The van der Waals surface area contributed by atoms with E-state index in [0.717, 1.165) is 59.9 Å². The average Bonchev–Trinajstić information content (AvgIpc) is 0.728. The van der Waals surface area contributed by atoms with Crippen LogP contribution in [0.4, 0.5) is 30.7 Å². The Kier molecular flexibility index (Phi) is 56.2. The molecule has 7 aromatic rings. The van der Waals surface area contributed by atoms with Crippen molar-refractivity contribution in [3.63, 3.8) is 0 Å². The third-order valence-electron chi connectivity index (χ3n) is 17.8. The van der Waals surface area contributed by atoms with Crippen molar-refractivity contribution in [3.8, 4) is 28.7 Å². The maximum Gasteiger partial charge on any atom is 0.480 e. The van der Waals surface area contributed by atoms with Crippen molar-refractivity contribution < 1.29 is 98.9 Å². The fraction of sp³-hybridized carbons (Fsp3) is 0.462. The Morgan fingerprint density at radius 2 is 0.901 bits per heavy atom. The topological polar surface area (TPSA) is 237 Å². The van der Waals surface area contributed by atoms with Crippen LogP contribution in [0.15, 0.2) is 237 Å². The van der Waals surface area contributed by atoms with Crippen LogP contribution >= 0.6 is 0 Å². The number of hydrogen-bond donors (Lipinski definition) is 2. The van der Waals surface area contributed by atoms with Gasteiger partial charge in [-0.2, -0.15) is 39.2 Å². The molecule has 2 N–H and O–H groups in total. The Morgan fingerprint density at radius 3 is 1.30 bits per heavy atom. The number of aromatic hydroxyl groups is 2. The molecular weight excluding hydrogens is 1660 g/mol. The van der Waals surface area contributed by atoms with Gasteiger partial charge in [0.25, 0.3) is 0 Å². The molecule has 0 radical (unpaired) electrons. The summed E-state index contributed by atoms with van der Waals surface area (Å²) in [6.07, 6.45) is 16.8. The second-order valence-electron chi connectivity index (χ2n) is 28.8. The third kappa shape index (κ3) is 38.6. The molecule has 0 saturated heterocycles. The highest BCUT2D eigenvalue weighted by atomic mass is 32.3. The number of benzene rings is 7. The van der Waals surface area contributed by atoms with E-state index in [2.05, 4.69) is 105 Å². The molecule has 16 nitrogen and oxygen atoms in total. The number of rotatable bonds is 26. The number of aryl methyl sites for hydroxylation is 1. The highest BCUT2D eigenvalue weighted by molar-refractivity contribution is 8.13. The summed E-state index contributed by atoms with van der Waals surface area (Å²) in [4.78, 5) is 29.6. The molecule has 121 heavy (non-hydrogen) atoms. The molecule has 0 spiro atoms. The van der Waals surface area contributed by atoms with Crippen molar-refractivity contribution in [2.75, 3.05) is 14.2 Å². The summed E-state index contributed by atoms with van der Waals surface area (Å²) < 4.78 is 185. The molecule has 3 atom stereocenters. The number of halogens is 7. The SMILES string of the molecule is C.C.C.C.C.C.C.C.C=C/C=C\C=C\[S+](c1ccccc1)c1ccc(O)cc1.CCC(C)(C)C(=O)OC(C)(C)C.CCC(C)(C)C(=O)OC1(C)CCCCC1.CCC(C)c1ccc(O)cc1.CCC(C)c1ccc(OS(=O)(=O)C(F)(F)C(F)(F)S(=O)(=O)[N-]S(=O)(=O)C(F)(F)F)cc1.COc1cccc([S+](c2cccc(C)c2)c2cccc(OC)c2)c1. The number of nitrogens with zero attached hydrogens (tertiary/aromatic N) is 1. The van der Waals surface area contributed by atoms with Gasteiger partial charge in [-0.15, -0.1) is 0 Å².